The molecular weight excluding hydrogens is 100 g/mol. The van der Waals surface area contributed by atoms with Crippen molar-refractivity contribution in [1.82, 2.24) is 10.6 Å². The Morgan fingerprint density at radius 1 is 0.875 bits per heavy atom. The van der Waals surface area contributed by atoms with E-state index in [4.69, 9.17) is 0 Å². The fraction of sp³-hybridized carbons (Fsp3) is 0.333. The van der Waals surface area contributed by atoms with Crippen molar-refractivity contribution in [3.05, 3.63) is 24.6 Å². The number of nitrogens with one attached hydrogen (secondary N) is 2. The molecule has 2 heteroatoms. The number of hydrogen-bond donors (Lipinski definition) is 2. The van der Waals surface area contributed by atoms with Crippen LogP contribution in [-0.2, 0) is 0 Å². The minimum Gasteiger partial charge on any atom is -0.389 e. The second kappa shape index (κ2) is 3.13. The van der Waals surface area contributed by atoms with Gasteiger partial charge in [0.05, 0.1) is 0 Å². The van der Waals surface area contributed by atoms with E-state index in [1.165, 1.54) is 0 Å². The monoisotopic (exact) mass is 110 g/mol. The molecule has 0 spiro atoms. The van der Waals surface area contributed by atoms with Gasteiger partial charge >= 0.3 is 0 Å². The Balaban J connectivity index is 2.33. The van der Waals surface area contributed by atoms with E-state index in [9.17, 15) is 0 Å². The maximum atomic E-state index is 3.09. The highest BCUT2D eigenvalue weighted by atomic mass is 14.9. The molecule has 8 heavy (non-hydrogen) atoms. The second-order valence-electron chi connectivity index (χ2n) is 1.63. The SMILES string of the molecule is C1=C\NCCN\C=C/1. The molecule has 0 aromatic heterocycles. The van der Waals surface area contributed by atoms with Gasteiger partial charge in [-0.3, -0.25) is 0 Å². The van der Waals surface area contributed by atoms with Gasteiger partial charge in [-0.1, -0.05) is 0 Å². The van der Waals surface area contributed by atoms with Gasteiger partial charge in [-0.2, -0.15) is 0 Å². The quantitative estimate of drug-likeness (QED) is 0.465. The van der Waals surface area contributed by atoms with E-state index in [1.807, 2.05) is 24.6 Å². The van der Waals surface area contributed by atoms with E-state index in [1.54, 1.807) is 0 Å². The summed E-state index contributed by atoms with van der Waals surface area (Å²) >= 11 is 0. The molecule has 0 aromatic carbocycles. The minimum atomic E-state index is 1.00. The molecule has 44 valence electrons. The summed E-state index contributed by atoms with van der Waals surface area (Å²) < 4.78 is 0. The molecule has 0 amide bonds. The molecule has 0 bridgehead atoms. The van der Waals surface area contributed by atoms with Crippen molar-refractivity contribution in [3.63, 3.8) is 0 Å². The van der Waals surface area contributed by atoms with Gasteiger partial charge in [0.2, 0.25) is 0 Å². The van der Waals surface area contributed by atoms with Gasteiger partial charge in [0.15, 0.2) is 0 Å². The maximum absolute atomic E-state index is 3.09. The van der Waals surface area contributed by atoms with Crippen LogP contribution in [0.2, 0.25) is 0 Å². The van der Waals surface area contributed by atoms with Crippen molar-refractivity contribution < 1.29 is 0 Å². The summed E-state index contributed by atoms with van der Waals surface area (Å²) in [6, 6.07) is 0. The highest BCUT2D eigenvalue weighted by molar-refractivity contribution is 5.01. The number of rotatable bonds is 0. The van der Waals surface area contributed by atoms with Crippen LogP contribution < -0.4 is 10.6 Å². The predicted molar refractivity (Wildman–Crippen MR) is 34.3 cm³/mol. The molecule has 1 heterocycles. The van der Waals surface area contributed by atoms with Crippen molar-refractivity contribution in [2.24, 2.45) is 0 Å². The van der Waals surface area contributed by atoms with E-state index < -0.39 is 0 Å². The average molecular weight is 110 g/mol. The third kappa shape index (κ3) is 1.69. The molecule has 1 aliphatic heterocycles. The predicted octanol–water partition coefficient (Wildman–Crippen LogP) is 0.207. The van der Waals surface area contributed by atoms with Gasteiger partial charge in [-0.05, 0) is 24.6 Å². The zero-order chi connectivity index (χ0) is 5.66. The Morgan fingerprint density at radius 3 is 1.88 bits per heavy atom. The lowest BCUT2D eigenvalue weighted by Gasteiger charge is -2.01. The molecule has 0 atom stereocenters. The lowest BCUT2D eigenvalue weighted by Crippen LogP contribution is -2.21. The minimum absolute atomic E-state index is 1.00. The lowest BCUT2D eigenvalue weighted by atomic mass is 10.5. The number of hydrogen-bond acceptors (Lipinski definition) is 2. The summed E-state index contributed by atoms with van der Waals surface area (Å²) in [5, 5.41) is 6.19. The van der Waals surface area contributed by atoms with Crippen molar-refractivity contribution in [2.75, 3.05) is 13.1 Å². The Bertz CT molecular complexity index is 91.1. The van der Waals surface area contributed by atoms with Crippen LogP contribution in [0.25, 0.3) is 0 Å². The zero-order valence-corrected chi connectivity index (χ0v) is 4.72. The van der Waals surface area contributed by atoms with Crippen molar-refractivity contribution >= 4 is 0 Å². The van der Waals surface area contributed by atoms with Crippen molar-refractivity contribution in [2.45, 2.75) is 0 Å². The van der Waals surface area contributed by atoms with Gasteiger partial charge in [0.25, 0.3) is 0 Å². The van der Waals surface area contributed by atoms with Crippen LogP contribution in [-0.4, -0.2) is 13.1 Å². The van der Waals surface area contributed by atoms with E-state index in [0.29, 0.717) is 0 Å². The first-order valence-corrected chi connectivity index (χ1v) is 2.78. The van der Waals surface area contributed by atoms with Crippen LogP contribution in [0, 0.1) is 0 Å². The van der Waals surface area contributed by atoms with E-state index in [2.05, 4.69) is 10.6 Å². The first-order valence-electron chi connectivity index (χ1n) is 2.78. The first-order chi connectivity index (χ1) is 4.00. The van der Waals surface area contributed by atoms with Crippen molar-refractivity contribution in [3.8, 4) is 0 Å². The van der Waals surface area contributed by atoms with Crippen LogP contribution >= 0.6 is 0 Å². The van der Waals surface area contributed by atoms with E-state index >= 15 is 0 Å². The van der Waals surface area contributed by atoms with Crippen LogP contribution in [0.5, 0.6) is 0 Å². The molecule has 1 rings (SSSR count). The lowest BCUT2D eigenvalue weighted by molar-refractivity contribution is 0.761. The maximum Gasteiger partial charge on any atom is 0.0314 e. The summed E-state index contributed by atoms with van der Waals surface area (Å²) in [5.41, 5.74) is 0. The molecule has 0 saturated heterocycles. The highest BCUT2D eigenvalue weighted by Gasteiger charge is 1.79. The average Bonchev–Trinajstić information content (AvgIpc) is 1.62. The first kappa shape index (κ1) is 5.22. The molecular formula is C6H10N2. The molecule has 0 unspecified atom stereocenters. The molecule has 2 nitrogen and oxygen atoms in total. The summed E-state index contributed by atoms with van der Waals surface area (Å²) in [4.78, 5) is 0. The van der Waals surface area contributed by atoms with Crippen molar-refractivity contribution in [1.29, 1.82) is 0 Å². The summed E-state index contributed by atoms with van der Waals surface area (Å²) in [7, 11) is 0. The largest absolute Gasteiger partial charge is 0.389 e. The van der Waals surface area contributed by atoms with Crippen LogP contribution in [0.3, 0.4) is 0 Å². The fourth-order valence-corrected chi connectivity index (χ4v) is 0.558. The van der Waals surface area contributed by atoms with Crippen LogP contribution in [0.4, 0.5) is 0 Å². The smallest absolute Gasteiger partial charge is 0.0314 e. The molecule has 0 aliphatic carbocycles. The van der Waals surface area contributed by atoms with Gasteiger partial charge in [0.1, 0.15) is 0 Å². The third-order valence-corrected chi connectivity index (χ3v) is 0.953. The molecule has 0 aromatic rings. The standard InChI is InChI=1S/C6H10N2/c1-2-4-8-6-5-7-3-1/h1-4,7-8H,5-6H2/b3-1-,4-2-. The Kier molecular flexibility index (Phi) is 2.04. The Labute approximate surface area is 49.3 Å². The Hall–Kier alpha value is -0.920. The molecule has 0 fully saturated rings. The summed E-state index contributed by atoms with van der Waals surface area (Å²) in [6.45, 7) is 2.00. The van der Waals surface area contributed by atoms with Crippen LogP contribution in [0.1, 0.15) is 0 Å². The van der Waals surface area contributed by atoms with Gasteiger partial charge in [-0.25, -0.2) is 0 Å². The topological polar surface area (TPSA) is 24.1 Å². The molecule has 2 N–H and O–H groups in total. The van der Waals surface area contributed by atoms with E-state index in [-0.39, 0.29) is 0 Å². The van der Waals surface area contributed by atoms with Gasteiger partial charge < -0.3 is 10.6 Å². The Morgan fingerprint density at radius 2 is 1.38 bits per heavy atom. The van der Waals surface area contributed by atoms with Crippen LogP contribution in [0.15, 0.2) is 24.6 Å². The summed E-state index contributed by atoms with van der Waals surface area (Å²) in [6.07, 6.45) is 7.81. The zero-order valence-electron chi connectivity index (χ0n) is 4.72. The fourth-order valence-electron chi connectivity index (χ4n) is 0.558. The van der Waals surface area contributed by atoms with Gasteiger partial charge in [-0.15, -0.1) is 0 Å². The second-order valence-corrected chi connectivity index (χ2v) is 1.63. The van der Waals surface area contributed by atoms with E-state index in [0.717, 1.165) is 13.1 Å². The highest BCUT2D eigenvalue weighted by Crippen LogP contribution is 1.74. The normalized spacial score (nSPS) is 26.0. The van der Waals surface area contributed by atoms with Gasteiger partial charge in [0, 0.05) is 13.1 Å². The number of allylic oxidation sites excluding steroid dienone is 2. The molecule has 0 radical (unpaired) electrons. The molecule has 0 saturated carbocycles. The third-order valence-electron chi connectivity index (χ3n) is 0.953. The molecule has 1 aliphatic rings. The summed E-state index contributed by atoms with van der Waals surface area (Å²) in [5.74, 6) is 0.